The number of rotatable bonds is 18. The maximum absolute atomic E-state index is 3.89. The first-order chi connectivity index (χ1) is 10.9. The molecule has 0 fully saturated rings. The van der Waals surface area contributed by atoms with Gasteiger partial charge in [-0.05, 0) is 25.7 Å². The predicted molar refractivity (Wildman–Crippen MR) is 103 cm³/mol. The standard InChI is InChI=1S/C22H43/c1-3-5-7-9-11-13-15-17-19-21-22-20-18-16-14-12-10-8-6-4-2/h18,20H,1,3-17,19,21-22H2,2H3. The smallest absolute Gasteiger partial charge is 0.0351 e. The highest BCUT2D eigenvalue weighted by molar-refractivity contribution is 4.81. The third-order valence-electron chi connectivity index (χ3n) is 4.51. The van der Waals surface area contributed by atoms with E-state index in [1.807, 2.05) is 0 Å². The molecule has 0 aliphatic carbocycles. The van der Waals surface area contributed by atoms with Crippen LogP contribution < -0.4 is 0 Å². The average molecular weight is 308 g/mol. The number of allylic oxidation sites excluding steroid dienone is 2. The number of hydrogen-bond donors (Lipinski definition) is 0. The van der Waals surface area contributed by atoms with Gasteiger partial charge in [0.2, 0.25) is 0 Å². The molecule has 0 aromatic rings. The fourth-order valence-corrected chi connectivity index (χ4v) is 2.95. The quantitative estimate of drug-likeness (QED) is 0.176. The Hall–Kier alpha value is -0.260. The van der Waals surface area contributed by atoms with Gasteiger partial charge in [0.1, 0.15) is 0 Å². The number of hydrogen-bond acceptors (Lipinski definition) is 0. The molecule has 0 atom stereocenters. The Labute approximate surface area is 142 Å². The van der Waals surface area contributed by atoms with Crippen LogP contribution in [0.1, 0.15) is 122 Å². The normalized spacial score (nSPS) is 11.5. The molecule has 0 heteroatoms. The molecular formula is C22H43. The Kier molecular flexibility index (Phi) is 20.5. The molecule has 0 bridgehead atoms. The minimum Gasteiger partial charge on any atom is -0.0885 e. The molecule has 0 unspecified atom stereocenters. The third kappa shape index (κ3) is 19.7. The highest BCUT2D eigenvalue weighted by atomic mass is 14.0. The van der Waals surface area contributed by atoms with Crippen molar-refractivity contribution >= 4 is 0 Å². The van der Waals surface area contributed by atoms with E-state index in [-0.39, 0.29) is 0 Å². The molecule has 0 heterocycles. The molecule has 0 saturated heterocycles. The van der Waals surface area contributed by atoms with Crippen LogP contribution in [0, 0.1) is 6.92 Å². The lowest BCUT2D eigenvalue weighted by Gasteiger charge is -2.01. The van der Waals surface area contributed by atoms with Gasteiger partial charge in [-0.2, -0.15) is 0 Å². The molecule has 0 N–H and O–H groups in total. The average Bonchev–Trinajstić information content (AvgIpc) is 2.54. The van der Waals surface area contributed by atoms with E-state index in [0.717, 1.165) is 6.42 Å². The lowest BCUT2D eigenvalue weighted by Crippen LogP contribution is -1.81. The van der Waals surface area contributed by atoms with Gasteiger partial charge in [0.15, 0.2) is 0 Å². The van der Waals surface area contributed by atoms with E-state index >= 15 is 0 Å². The third-order valence-corrected chi connectivity index (χ3v) is 4.51. The monoisotopic (exact) mass is 307 g/mol. The van der Waals surface area contributed by atoms with Gasteiger partial charge in [0, 0.05) is 0 Å². The Bertz CT molecular complexity index is 204. The summed E-state index contributed by atoms with van der Waals surface area (Å²) in [6.45, 7) is 6.18. The maximum Gasteiger partial charge on any atom is -0.0351 e. The Morgan fingerprint density at radius 2 is 0.864 bits per heavy atom. The van der Waals surface area contributed by atoms with Crippen molar-refractivity contribution in [2.24, 2.45) is 0 Å². The van der Waals surface area contributed by atoms with Crippen LogP contribution in [0.4, 0.5) is 0 Å². The summed E-state index contributed by atoms with van der Waals surface area (Å²) >= 11 is 0. The number of unbranched alkanes of at least 4 members (excludes halogenated alkanes) is 16. The first kappa shape index (κ1) is 21.7. The Balaban J connectivity index is 3.02. The summed E-state index contributed by atoms with van der Waals surface area (Å²) in [6.07, 6.45) is 29.8. The molecule has 0 aliphatic heterocycles. The molecular weight excluding hydrogens is 264 g/mol. The molecule has 0 aromatic heterocycles. The minimum atomic E-state index is 1.12. The van der Waals surface area contributed by atoms with Gasteiger partial charge in [-0.1, -0.05) is 116 Å². The summed E-state index contributed by atoms with van der Waals surface area (Å²) in [6, 6.07) is 0. The molecule has 0 aliphatic rings. The molecule has 131 valence electrons. The second-order valence-corrected chi connectivity index (χ2v) is 6.85. The summed E-state index contributed by atoms with van der Waals surface area (Å²) in [5.41, 5.74) is 0. The molecule has 0 aromatic carbocycles. The van der Waals surface area contributed by atoms with Gasteiger partial charge in [0.05, 0.1) is 0 Å². The van der Waals surface area contributed by atoms with Gasteiger partial charge in [0.25, 0.3) is 0 Å². The van der Waals surface area contributed by atoms with Crippen molar-refractivity contribution < 1.29 is 0 Å². The Morgan fingerprint density at radius 3 is 1.27 bits per heavy atom. The minimum absolute atomic E-state index is 1.12. The van der Waals surface area contributed by atoms with E-state index in [1.54, 1.807) is 0 Å². The van der Waals surface area contributed by atoms with Crippen LogP contribution in [0.2, 0.25) is 0 Å². The second kappa shape index (κ2) is 20.7. The van der Waals surface area contributed by atoms with Crippen molar-refractivity contribution in [3.05, 3.63) is 19.1 Å². The molecule has 22 heavy (non-hydrogen) atoms. The first-order valence-electron chi connectivity index (χ1n) is 10.4. The van der Waals surface area contributed by atoms with E-state index in [1.165, 1.54) is 109 Å². The summed E-state index contributed by atoms with van der Waals surface area (Å²) in [5.74, 6) is 0. The van der Waals surface area contributed by atoms with E-state index in [2.05, 4.69) is 26.0 Å². The van der Waals surface area contributed by atoms with Crippen LogP contribution in [-0.2, 0) is 0 Å². The summed E-state index contributed by atoms with van der Waals surface area (Å²) in [7, 11) is 0. The lowest BCUT2D eigenvalue weighted by molar-refractivity contribution is 0.561. The van der Waals surface area contributed by atoms with Crippen LogP contribution in [-0.4, -0.2) is 0 Å². The zero-order chi connectivity index (χ0) is 16.1. The van der Waals surface area contributed by atoms with E-state index in [4.69, 9.17) is 0 Å². The summed E-state index contributed by atoms with van der Waals surface area (Å²) in [4.78, 5) is 0. The van der Waals surface area contributed by atoms with E-state index in [9.17, 15) is 0 Å². The van der Waals surface area contributed by atoms with Gasteiger partial charge >= 0.3 is 0 Å². The predicted octanol–water partition coefficient (Wildman–Crippen LogP) is 8.42. The molecule has 0 amide bonds. The van der Waals surface area contributed by atoms with Crippen molar-refractivity contribution in [2.75, 3.05) is 0 Å². The molecule has 0 rings (SSSR count). The maximum atomic E-state index is 3.89. The van der Waals surface area contributed by atoms with Crippen LogP contribution in [0.3, 0.4) is 0 Å². The van der Waals surface area contributed by atoms with Crippen LogP contribution in [0.15, 0.2) is 12.2 Å². The lowest BCUT2D eigenvalue weighted by atomic mass is 10.1. The van der Waals surface area contributed by atoms with Crippen LogP contribution >= 0.6 is 0 Å². The van der Waals surface area contributed by atoms with Crippen molar-refractivity contribution in [3.63, 3.8) is 0 Å². The van der Waals surface area contributed by atoms with Gasteiger partial charge in [-0.15, -0.1) is 0 Å². The highest BCUT2D eigenvalue weighted by Crippen LogP contribution is 2.12. The van der Waals surface area contributed by atoms with Crippen molar-refractivity contribution in [2.45, 2.75) is 122 Å². The fraction of sp³-hybridized carbons (Fsp3) is 0.864. The van der Waals surface area contributed by atoms with Crippen LogP contribution in [0.25, 0.3) is 0 Å². The first-order valence-corrected chi connectivity index (χ1v) is 10.4. The van der Waals surface area contributed by atoms with E-state index < -0.39 is 0 Å². The van der Waals surface area contributed by atoms with Crippen LogP contribution in [0.5, 0.6) is 0 Å². The molecule has 0 spiro atoms. The largest absolute Gasteiger partial charge is 0.0885 e. The topological polar surface area (TPSA) is 0 Å². The summed E-state index contributed by atoms with van der Waals surface area (Å²) < 4.78 is 0. The second-order valence-electron chi connectivity index (χ2n) is 6.85. The summed E-state index contributed by atoms with van der Waals surface area (Å²) in [5, 5.41) is 0. The molecule has 0 nitrogen and oxygen atoms in total. The SMILES string of the molecule is [CH2]CCCCCCCCCCCC=CCCCCCCCC. The van der Waals surface area contributed by atoms with E-state index in [0.29, 0.717) is 0 Å². The van der Waals surface area contributed by atoms with Gasteiger partial charge in [-0.25, -0.2) is 0 Å². The fourth-order valence-electron chi connectivity index (χ4n) is 2.95. The Morgan fingerprint density at radius 1 is 0.500 bits per heavy atom. The van der Waals surface area contributed by atoms with Gasteiger partial charge in [-0.3, -0.25) is 0 Å². The van der Waals surface area contributed by atoms with Crippen molar-refractivity contribution in [1.29, 1.82) is 0 Å². The highest BCUT2D eigenvalue weighted by Gasteiger charge is 1.92. The van der Waals surface area contributed by atoms with Crippen molar-refractivity contribution in [3.8, 4) is 0 Å². The molecule has 1 radical (unpaired) electrons. The van der Waals surface area contributed by atoms with Crippen molar-refractivity contribution in [1.82, 2.24) is 0 Å². The zero-order valence-electron chi connectivity index (χ0n) is 15.6. The zero-order valence-corrected chi connectivity index (χ0v) is 15.6. The molecule has 0 saturated carbocycles. The van der Waals surface area contributed by atoms with Gasteiger partial charge < -0.3 is 0 Å².